The largest absolute Gasteiger partial charge is 0.507 e. The number of rotatable bonds is 3. The number of alkyl halides is 7. The second-order valence-electron chi connectivity index (χ2n) is 4.05. The van der Waals surface area contributed by atoms with Gasteiger partial charge in [0.2, 0.25) is 17.7 Å². The summed E-state index contributed by atoms with van der Waals surface area (Å²) in [6.07, 6.45) is -14.1. The molecule has 1 heterocycles. The van der Waals surface area contributed by atoms with Gasteiger partial charge < -0.3 is 5.11 Å². The maximum atomic E-state index is 13.3. The fraction of sp³-hybridized carbons (Fsp3) is 0.273. The minimum Gasteiger partial charge on any atom is -0.507 e. The summed E-state index contributed by atoms with van der Waals surface area (Å²) in [6, 6.07) is 0.395. The summed E-state index contributed by atoms with van der Waals surface area (Å²) in [5.74, 6) is -8.12. The van der Waals surface area contributed by atoms with Gasteiger partial charge in [0, 0.05) is 23.8 Å². The van der Waals surface area contributed by atoms with Gasteiger partial charge in [-0.3, -0.25) is 4.79 Å². The monoisotopic (exact) mass is 353 g/mol. The van der Waals surface area contributed by atoms with Gasteiger partial charge in [-0.25, -0.2) is 4.39 Å². The number of carbonyl (C=O) groups excluding carboxylic acids is 1. The van der Waals surface area contributed by atoms with Gasteiger partial charge in [0.05, 0.1) is 0 Å². The predicted molar refractivity (Wildman–Crippen MR) is 55.7 cm³/mol. The highest BCUT2D eigenvalue weighted by atomic mass is 19.4. The first-order valence-electron chi connectivity index (χ1n) is 5.31. The highest BCUT2D eigenvalue weighted by molar-refractivity contribution is 6.02. The zero-order valence-electron chi connectivity index (χ0n) is 10.4. The van der Waals surface area contributed by atoms with Gasteiger partial charge in [-0.1, -0.05) is 0 Å². The van der Waals surface area contributed by atoms with Crippen molar-refractivity contribution in [2.24, 2.45) is 0 Å². The fourth-order valence-electron chi connectivity index (χ4n) is 1.36. The first kappa shape index (κ1) is 18.8. The van der Waals surface area contributed by atoms with E-state index in [1.54, 1.807) is 0 Å². The van der Waals surface area contributed by atoms with Crippen LogP contribution in [-0.2, 0) is 4.79 Å². The van der Waals surface area contributed by atoms with Gasteiger partial charge in [0.1, 0.15) is 5.76 Å². The molecule has 0 radical (unpaired) electrons. The Labute approximate surface area is 121 Å². The van der Waals surface area contributed by atoms with Crippen LogP contribution in [-0.4, -0.2) is 33.9 Å². The second kappa shape index (κ2) is 5.74. The van der Waals surface area contributed by atoms with Crippen LogP contribution in [0.5, 0.6) is 0 Å². The Morgan fingerprint density at radius 3 is 1.70 bits per heavy atom. The van der Waals surface area contributed by atoms with Crippen molar-refractivity contribution in [3.63, 3.8) is 0 Å². The van der Waals surface area contributed by atoms with Crippen molar-refractivity contribution in [1.29, 1.82) is 0 Å². The van der Waals surface area contributed by atoms with Crippen LogP contribution in [0.4, 0.5) is 39.5 Å². The zero-order valence-corrected chi connectivity index (χ0v) is 10.4. The Balaban J connectivity index is 3.36. The molecule has 12 heteroatoms. The molecule has 128 valence electrons. The first-order chi connectivity index (χ1) is 10.2. The number of ketones is 1. The molecular formula is C11H4F9NO2. The molecule has 1 rings (SSSR count). The highest BCUT2D eigenvalue weighted by Crippen LogP contribution is 2.47. The van der Waals surface area contributed by atoms with Gasteiger partial charge in [0.25, 0.3) is 0 Å². The van der Waals surface area contributed by atoms with Gasteiger partial charge in [-0.2, -0.15) is 40.1 Å². The predicted octanol–water partition coefficient (Wildman–Crippen LogP) is 3.66. The molecular weight excluding hydrogens is 349 g/mol. The quantitative estimate of drug-likeness (QED) is 0.391. The molecule has 0 unspecified atom stereocenters. The van der Waals surface area contributed by atoms with E-state index in [-0.39, 0.29) is 12.1 Å². The van der Waals surface area contributed by atoms with E-state index in [1.165, 1.54) is 0 Å². The van der Waals surface area contributed by atoms with E-state index in [9.17, 15) is 49.4 Å². The smallest absolute Gasteiger partial charge is 0.439 e. The summed E-state index contributed by atoms with van der Waals surface area (Å²) >= 11 is 0. The molecule has 0 aliphatic carbocycles. The Hall–Kier alpha value is -2.27. The van der Waals surface area contributed by atoms with Crippen molar-refractivity contribution in [1.82, 2.24) is 4.98 Å². The normalized spacial score (nSPS) is 14.0. The van der Waals surface area contributed by atoms with Crippen LogP contribution in [0.1, 0.15) is 5.56 Å². The van der Waals surface area contributed by atoms with Crippen LogP contribution < -0.4 is 0 Å². The number of aliphatic hydroxyl groups is 1. The molecule has 0 fully saturated rings. The third-order valence-corrected chi connectivity index (χ3v) is 2.45. The number of hydrogen-bond donors (Lipinski definition) is 1. The van der Waals surface area contributed by atoms with E-state index in [2.05, 4.69) is 4.98 Å². The van der Waals surface area contributed by atoms with Gasteiger partial charge >= 0.3 is 18.0 Å². The lowest BCUT2D eigenvalue weighted by Crippen LogP contribution is -2.58. The summed E-state index contributed by atoms with van der Waals surface area (Å²) in [5, 5.41) is 9.21. The molecule has 1 N–H and O–H groups in total. The minimum atomic E-state index is -6.67. The van der Waals surface area contributed by atoms with E-state index in [1.807, 2.05) is 0 Å². The van der Waals surface area contributed by atoms with E-state index in [0.29, 0.717) is 0 Å². The molecule has 0 amide bonds. The summed E-state index contributed by atoms with van der Waals surface area (Å²) in [5.41, 5.74) is -7.31. The van der Waals surface area contributed by atoms with Crippen molar-refractivity contribution >= 4 is 11.5 Å². The van der Waals surface area contributed by atoms with Crippen molar-refractivity contribution in [2.75, 3.05) is 0 Å². The number of halogens is 9. The Kier molecular flexibility index (Phi) is 4.69. The van der Waals surface area contributed by atoms with E-state index >= 15 is 0 Å². The number of carbonyl (C=O) groups is 1. The summed E-state index contributed by atoms with van der Waals surface area (Å²) in [4.78, 5) is 13.6. The number of hydrogen-bond acceptors (Lipinski definition) is 3. The molecule has 3 nitrogen and oxygen atoms in total. The number of aliphatic hydroxyl groups excluding tert-OH is 1. The third-order valence-electron chi connectivity index (χ3n) is 2.45. The summed E-state index contributed by atoms with van der Waals surface area (Å²) in [6.45, 7) is 0. The number of allylic oxidation sites excluding steroid dienone is 1. The Bertz CT molecular complexity index is 614. The van der Waals surface area contributed by atoms with Crippen molar-refractivity contribution in [3.8, 4) is 0 Å². The van der Waals surface area contributed by atoms with Crippen LogP contribution in [0.25, 0.3) is 5.76 Å². The van der Waals surface area contributed by atoms with Gasteiger partial charge in [0.15, 0.2) is 0 Å². The molecule has 0 bridgehead atoms. The molecule has 0 aliphatic heterocycles. The highest BCUT2D eigenvalue weighted by Gasteiger charge is 2.76. The standard InChI is InChI=1S/C11H4F9NO2/c12-7-1-4(2-8(13)21-7)5(22)3-6(23)9(14,10(15,16)17)11(18,19)20/h1-3,22H/b5-3-. The Morgan fingerprint density at radius 2 is 1.35 bits per heavy atom. The molecule has 0 spiro atoms. The third kappa shape index (κ3) is 3.56. The minimum absolute atomic E-state index is 0.198. The molecule has 0 atom stereocenters. The molecule has 1 aromatic heterocycles. The van der Waals surface area contributed by atoms with Crippen molar-refractivity contribution in [3.05, 3.63) is 35.7 Å². The summed E-state index contributed by atoms with van der Waals surface area (Å²) in [7, 11) is 0. The van der Waals surface area contributed by atoms with Crippen LogP contribution >= 0.6 is 0 Å². The fourth-order valence-corrected chi connectivity index (χ4v) is 1.36. The SMILES string of the molecule is O=C(/C=C(\O)c1cc(F)nc(F)c1)C(F)(C(F)(F)F)C(F)(F)F. The average Bonchev–Trinajstić information content (AvgIpc) is 2.33. The van der Waals surface area contributed by atoms with E-state index in [4.69, 9.17) is 0 Å². The number of pyridine rings is 1. The van der Waals surface area contributed by atoms with Gasteiger partial charge in [-0.05, 0) is 0 Å². The molecule has 0 saturated heterocycles. The molecule has 0 aromatic carbocycles. The van der Waals surface area contributed by atoms with Gasteiger partial charge in [-0.15, -0.1) is 0 Å². The topological polar surface area (TPSA) is 50.2 Å². The average molecular weight is 353 g/mol. The number of nitrogens with zero attached hydrogens (tertiary/aromatic N) is 1. The van der Waals surface area contributed by atoms with Crippen molar-refractivity contribution in [2.45, 2.75) is 18.0 Å². The molecule has 0 aliphatic rings. The molecule has 23 heavy (non-hydrogen) atoms. The molecule has 1 aromatic rings. The summed E-state index contributed by atoms with van der Waals surface area (Å²) < 4.78 is 112. The second-order valence-corrected chi connectivity index (χ2v) is 4.05. The lowest BCUT2D eigenvalue weighted by molar-refractivity contribution is -0.323. The lowest BCUT2D eigenvalue weighted by atomic mass is 9.97. The van der Waals surface area contributed by atoms with Crippen LogP contribution in [0.3, 0.4) is 0 Å². The maximum Gasteiger partial charge on any atom is 0.439 e. The van der Waals surface area contributed by atoms with Crippen LogP contribution in [0.2, 0.25) is 0 Å². The van der Waals surface area contributed by atoms with Crippen LogP contribution in [0, 0.1) is 11.9 Å². The van der Waals surface area contributed by atoms with Crippen molar-refractivity contribution < 1.29 is 49.4 Å². The van der Waals surface area contributed by atoms with Crippen LogP contribution in [0.15, 0.2) is 18.2 Å². The first-order valence-corrected chi connectivity index (χ1v) is 5.31. The Morgan fingerprint density at radius 1 is 0.957 bits per heavy atom. The number of aromatic nitrogens is 1. The van der Waals surface area contributed by atoms with E-state index in [0.717, 1.165) is 0 Å². The molecule has 0 saturated carbocycles. The maximum absolute atomic E-state index is 13.3. The lowest BCUT2D eigenvalue weighted by Gasteiger charge is -2.27. The zero-order chi connectivity index (χ0) is 18.2. The van der Waals surface area contributed by atoms with E-state index < -0.39 is 53.1 Å².